The Bertz CT molecular complexity index is 1330. The minimum absolute atomic E-state index is 0.108. The Morgan fingerprint density at radius 1 is 1.29 bits per heavy atom. The number of aliphatic carboxylic acids is 1. The number of pyridine rings is 1. The lowest BCUT2D eigenvalue weighted by atomic mass is 10.0. The summed E-state index contributed by atoms with van der Waals surface area (Å²) >= 11 is -2.26. The van der Waals surface area contributed by atoms with Gasteiger partial charge in [0.2, 0.25) is 17.0 Å². The molecule has 2 atom stereocenters. The van der Waals surface area contributed by atoms with Crippen LogP contribution >= 0.6 is 0 Å². The first kappa shape index (κ1) is 27.9. The number of carboxylic acid groups (broad SMARTS) is 1. The number of aryl methyl sites for hydroxylation is 1. The normalized spacial score (nSPS) is 15.1. The molecule has 0 saturated heterocycles. The first-order valence-corrected chi connectivity index (χ1v) is 13.6. The highest BCUT2D eigenvalue weighted by atomic mass is 32.2. The van der Waals surface area contributed by atoms with Crippen LogP contribution in [0.25, 0.3) is 22.4 Å². The molecule has 1 fully saturated rings. The Labute approximate surface area is 223 Å². The predicted molar refractivity (Wildman–Crippen MR) is 143 cm³/mol. The summed E-state index contributed by atoms with van der Waals surface area (Å²) < 4.78 is 34.9. The maximum absolute atomic E-state index is 12.9. The van der Waals surface area contributed by atoms with Gasteiger partial charge in [-0.1, -0.05) is 29.8 Å². The zero-order valence-corrected chi connectivity index (χ0v) is 22.5. The van der Waals surface area contributed by atoms with Crippen molar-refractivity contribution in [1.29, 1.82) is 0 Å². The molecule has 0 aliphatic heterocycles. The zero-order chi connectivity index (χ0) is 27.4. The predicted octanol–water partition coefficient (Wildman–Crippen LogP) is 4.25. The van der Waals surface area contributed by atoms with Crippen LogP contribution in [0.15, 0.2) is 34.7 Å². The van der Waals surface area contributed by atoms with Gasteiger partial charge in [0.1, 0.15) is 5.76 Å². The average molecular weight is 544 g/mol. The Kier molecular flexibility index (Phi) is 8.93. The highest BCUT2D eigenvalue weighted by molar-refractivity contribution is 7.76. The molecule has 1 saturated carbocycles. The summed E-state index contributed by atoms with van der Waals surface area (Å²) in [6.07, 6.45) is 2.27. The summed E-state index contributed by atoms with van der Waals surface area (Å²) in [7, 11) is 3.03. The van der Waals surface area contributed by atoms with E-state index in [1.54, 1.807) is 7.05 Å². The fraction of sp³-hybridized carbons (Fsp3) is 0.444. The SMILES string of the molecule is CNC(=O)c1c(-c2ccc(C)cc2)oc2nc(CN(CCCC(CC(=O)O)OC)S(=O)O)c(C3CC3)cc12. The van der Waals surface area contributed by atoms with E-state index in [1.165, 1.54) is 11.4 Å². The number of aromatic nitrogens is 1. The summed E-state index contributed by atoms with van der Waals surface area (Å²) in [5.74, 6) is -0.537. The van der Waals surface area contributed by atoms with E-state index in [0.29, 0.717) is 41.0 Å². The van der Waals surface area contributed by atoms with Gasteiger partial charge < -0.3 is 19.6 Å². The van der Waals surface area contributed by atoms with E-state index in [-0.39, 0.29) is 31.3 Å². The smallest absolute Gasteiger partial charge is 0.305 e. The van der Waals surface area contributed by atoms with Gasteiger partial charge in [-0.05, 0) is 50.2 Å². The molecule has 38 heavy (non-hydrogen) atoms. The van der Waals surface area contributed by atoms with E-state index in [2.05, 4.69) is 5.32 Å². The Morgan fingerprint density at radius 2 is 2.00 bits per heavy atom. The van der Waals surface area contributed by atoms with Crippen LogP contribution in [0, 0.1) is 6.92 Å². The number of carbonyl (C=O) groups excluding carboxylic acids is 1. The third kappa shape index (κ3) is 6.47. The summed E-state index contributed by atoms with van der Waals surface area (Å²) in [6.45, 7) is 2.34. The zero-order valence-electron chi connectivity index (χ0n) is 21.7. The number of ether oxygens (including phenoxy) is 1. The molecule has 2 unspecified atom stereocenters. The minimum Gasteiger partial charge on any atom is -0.481 e. The molecule has 1 amide bonds. The van der Waals surface area contributed by atoms with Gasteiger partial charge in [0, 0.05) is 26.3 Å². The van der Waals surface area contributed by atoms with Gasteiger partial charge in [-0.25, -0.2) is 9.19 Å². The lowest BCUT2D eigenvalue weighted by molar-refractivity contribution is -0.139. The van der Waals surface area contributed by atoms with E-state index >= 15 is 0 Å². The molecule has 1 aliphatic rings. The molecular weight excluding hydrogens is 510 g/mol. The Hall–Kier alpha value is -3.12. The summed E-state index contributed by atoms with van der Waals surface area (Å²) in [5.41, 5.74) is 4.12. The van der Waals surface area contributed by atoms with Crippen molar-refractivity contribution in [2.45, 2.75) is 57.6 Å². The Balaban J connectivity index is 1.67. The van der Waals surface area contributed by atoms with Gasteiger partial charge >= 0.3 is 5.97 Å². The van der Waals surface area contributed by atoms with Crippen LogP contribution in [0.1, 0.15) is 65.2 Å². The fourth-order valence-corrected chi connectivity index (χ4v) is 5.10. The number of methoxy groups -OCH3 is 1. The summed E-state index contributed by atoms with van der Waals surface area (Å²) in [6, 6.07) is 9.63. The van der Waals surface area contributed by atoms with Crippen molar-refractivity contribution in [3.05, 3.63) is 52.7 Å². The largest absolute Gasteiger partial charge is 0.481 e. The highest BCUT2D eigenvalue weighted by Gasteiger charge is 2.31. The van der Waals surface area contributed by atoms with Crippen molar-refractivity contribution in [2.75, 3.05) is 20.7 Å². The van der Waals surface area contributed by atoms with E-state index in [4.69, 9.17) is 19.2 Å². The molecule has 0 spiro atoms. The molecule has 0 bridgehead atoms. The van der Waals surface area contributed by atoms with Crippen molar-refractivity contribution in [1.82, 2.24) is 14.6 Å². The monoisotopic (exact) mass is 543 g/mol. The number of fused-ring (bicyclic) bond motifs is 1. The number of nitrogens with one attached hydrogen (secondary N) is 1. The molecule has 4 rings (SSSR count). The number of benzene rings is 1. The molecule has 1 aliphatic carbocycles. The van der Waals surface area contributed by atoms with E-state index in [9.17, 15) is 18.4 Å². The fourth-order valence-electron chi connectivity index (χ4n) is 4.58. The van der Waals surface area contributed by atoms with Crippen LogP contribution in [0.5, 0.6) is 0 Å². The molecule has 2 heterocycles. The molecule has 3 N–H and O–H groups in total. The number of nitrogens with zero attached hydrogens (tertiary/aromatic N) is 2. The second kappa shape index (κ2) is 12.2. The van der Waals surface area contributed by atoms with Gasteiger partial charge in [-0.15, -0.1) is 0 Å². The summed E-state index contributed by atoms with van der Waals surface area (Å²) in [4.78, 5) is 28.7. The van der Waals surface area contributed by atoms with Crippen LogP contribution < -0.4 is 5.32 Å². The van der Waals surface area contributed by atoms with Crippen LogP contribution in [-0.4, -0.2) is 61.8 Å². The molecule has 1 aromatic carbocycles. The number of carboxylic acids is 1. The minimum atomic E-state index is -2.26. The third-order valence-corrected chi connectivity index (χ3v) is 7.55. The molecule has 2 aromatic heterocycles. The van der Waals surface area contributed by atoms with Gasteiger partial charge in [0.25, 0.3) is 5.91 Å². The van der Waals surface area contributed by atoms with Crippen LogP contribution in [0.2, 0.25) is 0 Å². The molecule has 3 aromatic rings. The van der Waals surface area contributed by atoms with Crippen LogP contribution in [0.4, 0.5) is 0 Å². The van der Waals surface area contributed by atoms with Gasteiger partial charge in [0.15, 0.2) is 0 Å². The van der Waals surface area contributed by atoms with Crippen LogP contribution in [0.3, 0.4) is 0 Å². The lowest BCUT2D eigenvalue weighted by Gasteiger charge is -2.20. The maximum Gasteiger partial charge on any atom is 0.305 e. The maximum atomic E-state index is 12.9. The van der Waals surface area contributed by atoms with E-state index < -0.39 is 23.3 Å². The number of carbonyl (C=O) groups is 2. The molecule has 11 heteroatoms. The van der Waals surface area contributed by atoms with Crippen molar-refractivity contribution < 1.29 is 32.6 Å². The van der Waals surface area contributed by atoms with Crippen molar-refractivity contribution in [2.24, 2.45) is 0 Å². The first-order valence-electron chi connectivity index (χ1n) is 12.6. The molecule has 0 radical (unpaired) electrons. The van der Waals surface area contributed by atoms with E-state index in [0.717, 1.165) is 29.5 Å². The number of hydrogen-bond acceptors (Lipinski definition) is 6. The topological polar surface area (TPSA) is 142 Å². The van der Waals surface area contributed by atoms with Gasteiger partial charge in [-0.2, -0.15) is 4.31 Å². The number of hydrogen-bond donors (Lipinski definition) is 3. The highest BCUT2D eigenvalue weighted by Crippen LogP contribution is 2.44. The second-order valence-electron chi connectivity index (χ2n) is 9.59. The van der Waals surface area contributed by atoms with Crippen molar-refractivity contribution in [3.8, 4) is 11.3 Å². The third-order valence-electron chi connectivity index (χ3n) is 6.80. The molecular formula is C27H33N3O7S. The average Bonchev–Trinajstić information content (AvgIpc) is 3.67. The quantitative estimate of drug-likeness (QED) is 0.272. The van der Waals surface area contributed by atoms with Crippen molar-refractivity contribution in [3.63, 3.8) is 0 Å². The molecule has 204 valence electrons. The number of furan rings is 1. The van der Waals surface area contributed by atoms with Gasteiger partial charge in [0.05, 0.1) is 35.7 Å². The van der Waals surface area contributed by atoms with Crippen molar-refractivity contribution >= 4 is 34.2 Å². The molecule has 10 nitrogen and oxygen atoms in total. The standard InChI is InChI=1S/C27H33N3O7S/c1-16-6-8-18(9-7-16)25-24(26(33)28-2)21-14-20(17-10-11-17)22(29-27(21)37-25)15-30(38(34)35)12-4-5-19(36-3)13-23(31)32/h6-9,14,17,19H,4-5,10-13,15H2,1-3H3,(H,28,33)(H,31,32)(H,34,35). The summed E-state index contributed by atoms with van der Waals surface area (Å²) in [5, 5.41) is 12.3. The second-order valence-corrected chi connectivity index (χ2v) is 10.6. The Morgan fingerprint density at radius 3 is 2.58 bits per heavy atom. The van der Waals surface area contributed by atoms with Crippen LogP contribution in [-0.2, 0) is 27.3 Å². The first-order chi connectivity index (χ1) is 18.2. The van der Waals surface area contributed by atoms with Gasteiger partial charge in [-0.3, -0.25) is 14.1 Å². The van der Waals surface area contributed by atoms with E-state index in [1.807, 2.05) is 37.3 Å². The number of amides is 1. The lowest BCUT2D eigenvalue weighted by Crippen LogP contribution is -2.28. The number of rotatable bonds is 13.